The van der Waals surface area contributed by atoms with E-state index >= 15 is 0 Å². The number of benzene rings is 1. The predicted octanol–water partition coefficient (Wildman–Crippen LogP) is 3.36. The lowest BCUT2D eigenvalue weighted by atomic mass is 10.2. The first-order valence-electron chi connectivity index (χ1n) is 6.40. The monoisotopic (exact) mass is 345 g/mol. The van der Waals surface area contributed by atoms with Crippen LogP contribution in [-0.4, -0.2) is 31.8 Å². The van der Waals surface area contributed by atoms with Crippen LogP contribution in [-0.2, 0) is 13.8 Å². The average molecular weight is 346 g/mol. The summed E-state index contributed by atoms with van der Waals surface area (Å²) in [5, 5.41) is 0.242. The maximum Gasteiger partial charge on any atom is 0.419 e. The molecule has 2 rings (SSSR count). The van der Waals surface area contributed by atoms with Crippen LogP contribution >= 0.6 is 10.7 Å². The largest absolute Gasteiger partial charge is 0.496 e. The second-order valence-electron chi connectivity index (χ2n) is 5.64. The number of ether oxygens (including phenoxy) is 2. The van der Waals surface area contributed by atoms with Gasteiger partial charge in [0.15, 0.2) is 0 Å². The fraction of sp³-hybridized carbons (Fsp3) is 0.357. The molecule has 0 atom stereocenters. The maximum atomic E-state index is 12.3. The van der Waals surface area contributed by atoms with E-state index in [0.29, 0.717) is 11.3 Å². The molecule has 1 aromatic carbocycles. The van der Waals surface area contributed by atoms with Crippen molar-refractivity contribution in [2.45, 2.75) is 31.3 Å². The minimum absolute atomic E-state index is 0.201. The van der Waals surface area contributed by atoms with E-state index in [2.05, 4.69) is 0 Å². The standard InChI is InChI=1S/C14H16ClNO5S/c1-14(2,3)21-13(17)16-8-11(22(15,18)19)12-9(16)6-5-7-10(12)20-4/h5-8H,1-4H3. The maximum absolute atomic E-state index is 12.3. The number of hydrogen-bond donors (Lipinski definition) is 0. The van der Waals surface area contributed by atoms with Crippen LogP contribution in [0.5, 0.6) is 5.75 Å². The molecule has 0 amide bonds. The molecule has 0 aliphatic heterocycles. The lowest BCUT2D eigenvalue weighted by Crippen LogP contribution is -2.26. The zero-order chi connectivity index (χ0) is 16.7. The summed E-state index contributed by atoms with van der Waals surface area (Å²) in [6.45, 7) is 5.16. The third-order valence-electron chi connectivity index (χ3n) is 2.83. The third-order valence-corrected chi connectivity index (χ3v) is 4.16. The first-order valence-corrected chi connectivity index (χ1v) is 8.71. The van der Waals surface area contributed by atoms with Gasteiger partial charge in [-0.1, -0.05) is 6.07 Å². The number of carbonyl (C=O) groups is 1. The van der Waals surface area contributed by atoms with Crippen LogP contribution in [0.4, 0.5) is 4.79 Å². The summed E-state index contributed by atoms with van der Waals surface area (Å²) in [5.74, 6) is 0.305. The first kappa shape index (κ1) is 16.6. The number of rotatable bonds is 2. The number of hydrogen-bond acceptors (Lipinski definition) is 5. The molecule has 0 saturated heterocycles. The fourth-order valence-electron chi connectivity index (χ4n) is 2.04. The number of carbonyl (C=O) groups excluding carboxylic acids is 1. The van der Waals surface area contributed by atoms with Gasteiger partial charge >= 0.3 is 6.09 Å². The van der Waals surface area contributed by atoms with Gasteiger partial charge in [0.25, 0.3) is 9.05 Å². The molecule has 1 aromatic heterocycles. The van der Waals surface area contributed by atoms with E-state index in [4.69, 9.17) is 20.2 Å². The zero-order valence-electron chi connectivity index (χ0n) is 12.6. The Bertz CT molecular complexity index is 833. The van der Waals surface area contributed by atoms with Crippen LogP contribution in [0.15, 0.2) is 29.3 Å². The Morgan fingerprint density at radius 2 is 1.91 bits per heavy atom. The molecule has 0 spiro atoms. The first-order chi connectivity index (χ1) is 10.0. The summed E-state index contributed by atoms with van der Waals surface area (Å²) in [4.78, 5) is 12.1. The molecule has 0 radical (unpaired) electrons. The van der Waals surface area contributed by atoms with Crippen LogP contribution < -0.4 is 4.74 Å². The second kappa shape index (κ2) is 5.48. The van der Waals surface area contributed by atoms with Gasteiger partial charge in [-0.05, 0) is 32.9 Å². The molecule has 8 heteroatoms. The fourth-order valence-corrected chi connectivity index (χ4v) is 3.07. The van der Waals surface area contributed by atoms with Crippen molar-refractivity contribution in [2.75, 3.05) is 7.11 Å². The van der Waals surface area contributed by atoms with Crippen molar-refractivity contribution in [1.82, 2.24) is 4.57 Å². The lowest BCUT2D eigenvalue weighted by molar-refractivity contribution is 0.0544. The molecule has 6 nitrogen and oxygen atoms in total. The molecule has 0 aliphatic carbocycles. The van der Waals surface area contributed by atoms with Gasteiger partial charge in [0.2, 0.25) is 0 Å². The Balaban J connectivity index is 2.75. The number of methoxy groups -OCH3 is 1. The highest BCUT2D eigenvalue weighted by Gasteiger charge is 2.26. The molecule has 120 valence electrons. The number of fused-ring (bicyclic) bond motifs is 1. The summed E-state index contributed by atoms with van der Waals surface area (Å²) >= 11 is 0. The summed E-state index contributed by atoms with van der Waals surface area (Å²) in [7, 11) is 2.82. The van der Waals surface area contributed by atoms with Crippen LogP contribution in [0.1, 0.15) is 20.8 Å². The van der Waals surface area contributed by atoms with Crippen LogP contribution in [0.25, 0.3) is 10.9 Å². The van der Waals surface area contributed by atoms with Crippen LogP contribution in [0.2, 0.25) is 0 Å². The van der Waals surface area contributed by atoms with Gasteiger partial charge in [-0.15, -0.1) is 0 Å². The predicted molar refractivity (Wildman–Crippen MR) is 83.2 cm³/mol. The highest BCUT2D eigenvalue weighted by Crippen LogP contribution is 2.35. The highest BCUT2D eigenvalue weighted by molar-refractivity contribution is 8.14. The minimum Gasteiger partial charge on any atom is -0.496 e. The number of nitrogens with zero attached hydrogens (tertiary/aromatic N) is 1. The van der Waals surface area contributed by atoms with Crippen molar-refractivity contribution in [1.29, 1.82) is 0 Å². The van der Waals surface area contributed by atoms with Crippen molar-refractivity contribution in [2.24, 2.45) is 0 Å². The molecule has 0 unspecified atom stereocenters. The van der Waals surface area contributed by atoms with E-state index in [-0.39, 0.29) is 10.3 Å². The molecule has 0 N–H and O–H groups in total. The molecule has 0 aliphatic rings. The van der Waals surface area contributed by atoms with Gasteiger partial charge in [-0.3, -0.25) is 4.57 Å². The molecule has 0 bridgehead atoms. The van der Waals surface area contributed by atoms with Gasteiger partial charge in [0, 0.05) is 16.9 Å². The third kappa shape index (κ3) is 3.20. The number of aromatic nitrogens is 1. The minimum atomic E-state index is -4.05. The molecule has 2 aromatic rings. The van der Waals surface area contributed by atoms with E-state index in [0.717, 1.165) is 10.8 Å². The van der Waals surface area contributed by atoms with Crippen LogP contribution in [0, 0.1) is 0 Å². The van der Waals surface area contributed by atoms with E-state index in [1.165, 1.54) is 7.11 Å². The SMILES string of the molecule is COc1cccc2c1c(S(=O)(=O)Cl)cn2C(=O)OC(C)(C)C. The van der Waals surface area contributed by atoms with Crippen molar-refractivity contribution in [3.8, 4) is 5.75 Å². The quantitative estimate of drug-likeness (QED) is 0.780. The van der Waals surface area contributed by atoms with Gasteiger partial charge in [-0.25, -0.2) is 13.2 Å². The lowest BCUT2D eigenvalue weighted by Gasteiger charge is -2.19. The van der Waals surface area contributed by atoms with Gasteiger partial charge in [0.1, 0.15) is 16.2 Å². The molecule has 0 saturated carbocycles. The molecular formula is C14H16ClNO5S. The summed E-state index contributed by atoms with van der Waals surface area (Å²) in [6.07, 6.45) is 0.446. The van der Waals surface area contributed by atoms with Gasteiger partial charge < -0.3 is 9.47 Å². The normalized spacial score (nSPS) is 12.4. The topological polar surface area (TPSA) is 74.6 Å². The van der Waals surface area contributed by atoms with Crippen molar-refractivity contribution >= 4 is 36.7 Å². The van der Waals surface area contributed by atoms with Crippen molar-refractivity contribution in [3.05, 3.63) is 24.4 Å². The summed E-state index contributed by atoms with van der Waals surface area (Å²) in [6, 6.07) is 4.83. The van der Waals surface area contributed by atoms with Crippen molar-refractivity contribution in [3.63, 3.8) is 0 Å². The van der Waals surface area contributed by atoms with E-state index in [9.17, 15) is 13.2 Å². The Morgan fingerprint density at radius 3 is 2.41 bits per heavy atom. The van der Waals surface area contributed by atoms with Crippen LogP contribution in [0.3, 0.4) is 0 Å². The molecular weight excluding hydrogens is 330 g/mol. The molecule has 0 fully saturated rings. The highest BCUT2D eigenvalue weighted by atomic mass is 35.7. The summed E-state index contributed by atoms with van der Waals surface area (Å²) in [5.41, 5.74) is -0.375. The Labute approximate surface area is 133 Å². The Kier molecular flexibility index (Phi) is 4.14. The Morgan fingerprint density at radius 1 is 1.27 bits per heavy atom. The average Bonchev–Trinajstić information content (AvgIpc) is 2.75. The molecule has 22 heavy (non-hydrogen) atoms. The zero-order valence-corrected chi connectivity index (χ0v) is 14.2. The van der Waals surface area contributed by atoms with Gasteiger partial charge in [-0.2, -0.15) is 0 Å². The number of halogens is 1. The van der Waals surface area contributed by atoms with E-state index in [1.807, 2.05) is 0 Å². The molecule has 1 heterocycles. The van der Waals surface area contributed by atoms with E-state index < -0.39 is 20.7 Å². The van der Waals surface area contributed by atoms with E-state index in [1.54, 1.807) is 39.0 Å². The van der Waals surface area contributed by atoms with Gasteiger partial charge in [0.05, 0.1) is 18.0 Å². The summed E-state index contributed by atoms with van der Waals surface area (Å²) < 4.78 is 35.1. The Hall–Kier alpha value is -1.73. The second-order valence-corrected chi connectivity index (χ2v) is 8.17. The van der Waals surface area contributed by atoms with Crippen molar-refractivity contribution < 1.29 is 22.7 Å². The smallest absolute Gasteiger partial charge is 0.419 e.